The molecule has 1 aromatic carbocycles. The van der Waals surface area contributed by atoms with Crippen molar-refractivity contribution in [3.63, 3.8) is 0 Å². The van der Waals surface area contributed by atoms with Gasteiger partial charge in [0.05, 0.1) is 12.1 Å². The van der Waals surface area contributed by atoms with E-state index in [2.05, 4.69) is 42.5 Å². The van der Waals surface area contributed by atoms with E-state index in [1.54, 1.807) is 18.2 Å². The maximum atomic E-state index is 11.6. The summed E-state index contributed by atoms with van der Waals surface area (Å²) in [5.74, 6) is -2.74. The minimum absolute atomic E-state index is 0.421. The summed E-state index contributed by atoms with van der Waals surface area (Å²) in [6, 6.07) is 2.68. The standard InChI is InChI=1S/C11H10Br2N2O5/c12-5-1-2-7(6(13)3-5)14-11(20)15-8(10(18)19)4-9(16)17/h1-3,8H,4H2,(H,16,17)(H,18,19)(H2,14,15,20)/t8-/m1/s1. The van der Waals surface area contributed by atoms with E-state index in [-0.39, 0.29) is 0 Å². The van der Waals surface area contributed by atoms with Crippen molar-refractivity contribution in [2.24, 2.45) is 0 Å². The normalized spacial score (nSPS) is 11.5. The molecule has 1 rings (SSSR count). The molecule has 7 nitrogen and oxygen atoms in total. The van der Waals surface area contributed by atoms with E-state index in [9.17, 15) is 14.4 Å². The van der Waals surface area contributed by atoms with Crippen molar-refractivity contribution >= 4 is 55.5 Å². The fourth-order valence-corrected chi connectivity index (χ4v) is 2.43. The van der Waals surface area contributed by atoms with Gasteiger partial charge in [0.15, 0.2) is 0 Å². The fraction of sp³-hybridized carbons (Fsp3) is 0.182. The van der Waals surface area contributed by atoms with Gasteiger partial charge in [0.1, 0.15) is 6.04 Å². The number of halogens is 2. The Balaban J connectivity index is 2.70. The summed E-state index contributed by atoms with van der Waals surface area (Å²) in [5.41, 5.74) is 0.421. The van der Waals surface area contributed by atoms with E-state index in [1.807, 2.05) is 0 Å². The summed E-state index contributed by atoms with van der Waals surface area (Å²) in [5, 5.41) is 21.9. The van der Waals surface area contributed by atoms with Crippen molar-refractivity contribution in [2.75, 3.05) is 5.32 Å². The second kappa shape index (κ2) is 7.25. The quantitative estimate of drug-likeness (QED) is 0.595. The Kier molecular flexibility index (Phi) is 5.96. The van der Waals surface area contributed by atoms with Crippen LogP contribution in [0.5, 0.6) is 0 Å². The number of carboxylic acids is 2. The topological polar surface area (TPSA) is 116 Å². The lowest BCUT2D eigenvalue weighted by molar-refractivity contribution is -0.145. The first-order chi connectivity index (χ1) is 9.29. The highest BCUT2D eigenvalue weighted by Crippen LogP contribution is 2.25. The van der Waals surface area contributed by atoms with E-state index >= 15 is 0 Å². The molecule has 0 aliphatic rings. The second-order valence-electron chi connectivity index (χ2n) is 3.71. The lowest BCUT2D eigenvalue weighted by Gasteiger charge is -2.14. The van der Waals surface area contributed by atoms with Gasteiger partial charge in [0, 0.05) is 8.95 Å². The summed E-state index contributed by atoms with van der Waals surface area (Å²) in [7, 11) is 0. The smallest absolute Gasteiger partial charge is 0.326 e. The number of hydrogen-bond donors (Lipinski definition) is 4. The van der Waals surface area contributed by atoms with Crippen LogP contribution >= 0.6 is 31.9 Å². The SMILES string of the molecule is O=C(O)C[C@@H](NC(=O)Nc1ccc(Br)cc1Br)C(=O)O. The highest BCUT2D eigenvalue weighted by atomic mass is 79.9. The molecule has 0 aliphatic carbocycles. The molecule has 0 aliphatic heterocycles. The molecule has 1 atom stereocenters. The van der Waals surface area contributed by atoms with Crippen LogP contribution in [-0.2, 0) is 9.59 Å². The Morgan fingerprint density at radius 1 is 1.20 bits per heavy atom. The van der Waals surface area contributed by atoms with E-state index in [4.69, 9.17) is 10.2 Å². The third-order valence-corrected chi connectivity index (χ3v) is 3.31. The van der Waals surface area contributed by atoms with Crippen molar-refractivity contribution in [1.29, 1.82) is 0 Å². The van der Waals surface area contributed by atoms with Crippen LogP contribution in [0.2, 0.25) is 0 Å². The zero-order valence-electron chi connectivity index (χ0n) is 9.89. The number of amides is 2. The van der Waals surface area contributed by atoms with Gasteiger partial charge < -0.3 is 20.8 Å². The van der Waals surface area contributed by atoms with Gasteiger partial charge in [-0.3, -0.25) is 4.79 Å². The summed E-state index contributed by atoms with van der Waals surface area (Å²) < 4.78 is 1.39. The van der Waals surface area contributed by atoms with Crippen LogP contribution in [0.25, 0.3) is 0 Å². The van der Waals surface area contributed by atoms with Crippen LogP contribution in [0.3, 0.4) is 0 Å². The van der Waals surface area contributed by atoms with Gasteiger partial charge in [0.2, 0.25) is 0 Å². The first kappa shape index (κ1) is 16.4. The Morgan fingerprint density at radius 2 is 1.85 bits per heavy atom. The number of carbonyl (C=O) groups is 3. The van der Waals surface area contributed by atoms with E-state index in [0.717, 1.165) is 4.47 Å². The van der Waals surface area contributed by atoms with Crippen molar-refractivity contribution in [2.45, 2.75) is 12.5 Å². The van der Waals surface area contributed by atoms with Crippen molar-refractivity contribution in [3.8, 4) is 0 Å². The van der Waals surface area contributed by atoms with Gasteiger partial charge in [-0.05, 0) is 34.1 Å². The molecule has 0 spiro atoms. The summed E-state index contributed by atoms with van der Waals surface area (Å²) in [4.78, 5) is 32.9. The molecule has 4 N–H and O–H groups in total. The number of aliphatic carboxylic acids is 2. The van der Waals surface area contributed by atoms with Crippen LogP contribution in [0.4, 0.5) is 10.5 Å². The number of rotatable bonds is 5. The van der Waals surface area contributed by atoms with E-state index in [0.29, 0.717) is 10.2 Å². The molecule has 1 aromatic rings. The molecule has 0 radical (unpaired) electrons. The Morgan fingerprint density at radius 3 is 2.35 bits per heavy atom. The van der Waals surface area contributed by atoms with Crippen molar-refractivity contribution in [1.82, 2.24) is 5.32 Å². The molecule has 0 aromatic heterocycles. The molecular formula is C11H10Br2N2O5. The van der Waals surface area contributed by atoms with Gasteiger partial charge in [-0.25, -0.2) is 9.59 Å². The lowest BCUT2D eigenvalue weighted by atomic mass is 10.2. The zero-order valence-corrected chi connectivity index (χ0v) is 13.1. The molecule has 0 fully saturated rings. The molecular weight excluding hydrogens is 400 g/mol. The van der Waals surface area contributed by atoms with Gasteiger partial charge in [0.25, 0.3) is 0 Å². The van der Waals surface area contributed by atoms with Crippen LogP contribution in [0, 0.1) is 0 Å². The number of benzene rings is 1. The highest BCUT2D eigenvalue weighted by Gasteiger charge is 2.23. The lowest BCUT2D eigenvalue weighted by Crippen LogP contribution is -2.44. The summed E-state index contributed by atoms with van der Waals surface area (Å²) in [6.07, 6.45) is -0.704. The molecule has 0 saturated heterocycles. The largest absolute Gasteiger partial charge is 0.481 e. The first-order valence-electron chi connectivity index (χ1n) is 5.26. The molecule has 0 saturated carbocycles. The van der Waals surface area contributed by atoms with Gasteiger partial charge in [-0.1, -0.05) is 15.9 Å². The maximum Gasteiger partial charge on any atom is 0.326 e. The van der Waals surface area contributed by atoms with E-state index in [1.165, 1.54) is 0 Å². The number of carbonyl (C=O) groups excluding carboxylic acids is 1. The molecule has 2 amide bonds. The summed E-state index contributed by atoms with van der Waals surface area (Å²) >= 11 is 6.48. The fourth-order valence-electron chi connectivity index (χ4n) is 1.28. The maximum absolute atomic E-state index is 11.6. The van der Waals surface area contributed by atoms with Crippen LogP contribution in [-0.4, -0.2) is 34.2 Å². The van der Waals surface area contributed by atoms with Crippen molar-refractivity contribution < 1.29 is 24.6 Å². The average Bonchev–Trinajstić information content (AvgIpc) is 2.31. The molecule has 20 heavy (non-hydrogen) atoms. The molecule has 0 bridgehead atoms. The van der Waals surface area contributed by atoms with Gasteiger partial charge >= 0.3 is 18.0 Å². The highest BCUT2D eigenvalue weighted by molar-refractivity contribution is 9.11. The van der Waals surface area contributed by atoms with Gasteiger partial charge in [-0.2, -0.15) is 0 Å². The van der Waals surface area contributed by atoms with Crippen molar-refractivity contribution in [3.05, 3.63) is 27.1 Å². The minimum atomic E-state index is -1.50. The second-order valence-corrected chi connectivity index (χ2v) is 5.48. The molecule has 0 unspecified atom stereocenters. The Bertz CT molecular complexity index is 550. The van der Waals surface area contributed by atoms with Crippen LogP contribution < -0.4 is 10.6 Å². The number of hydrogen-bond acceptors (Lipinski definition) is 3. The molecule has 108 valence electrons. The minimum Gasteiger partial charge on any atom is -0.481 e. The van der Waals surface area contributed by atoms with E-state index < -0.39 is 30.4 Å². The third kappa shape index (κ3) is 5.17. The first-order valence-corrected chi connectivity index (χ1v) is 6.85. The Hall–Kier alpha value is -1.61. The molecule has 0 heterocycles. The third-order valence-electron chi connectivity index (χ3n) is 2.16. The van der Waals surface area contributed by atoms with Crippen LogP contribution in [0.1, 0.15) is 6.42 Å². The average molecular weight is 410 g/mol. The predicted octanol–water partition coefficient (Wildman–Crippen LogP) is 2.26. The molecule has 9 heteroatoms. The van der Waals surface area contributed by atoms with Gasteiger partial charge in [-0.15, -0.1) is 0 Å². The number of anilines is 1. The predicted molar refractivity (Wildman–Crippen MR) is 77.7 cm³/mol. The summed E-state index contributed by atoms with van der Waals surface area (Å²) in [6.45, 7) is 0. The Labute approximate surface area is 130 Å². The number of nitrogens with one attached hydrogen (secondary N) is 2. The zero-order chi connectivity index (χ0) is 15.3. The number of urea groups is 1. The monoisotopic (exact) mass is 408 g/mol. The number of carboxylic acid groups (broad SMARTS) is 2. The van der Waals surface area contributed by atoms with Crippen LogP contribution in [0.15, 0.2) is 27.1 Å².